The molecule has 1 N–H and O–H groups in total. The molecular weight excluding hydrogens is 279 g/mol. The second kappa shape index (κ2) is 5.58. The maximum Gasteiger partial charge on any atom is 0.194 e. The summed E-state index contributed by atoms with van der Waals surface area (Å²) < 4.78 is 64.8. The van der Waals surface area contributed by atoms with Crippen molar-refractivity contribution < 1.29 is 27.1 Å². The van der Waals surface area contributed by atoms with E-state index in [0.717, 1.165) is 12.1 Å². The maximum atomic E-state index is 13.0. The van der Waals surface area contributed by atoms with E-state index in [0.29, 0.717) is 18.2 Å². The first-order valence-corrected chi connectivity index (χ1v) is 5.64. The van der Waals surface area contributed by atoms with Gasteiger partial charge in [0.1, 0.15) is 11.6 Å². The summed E-state index contributed by atoms with van der Waals surface area (Å²) >= 11 is 0. The molecule has 1 nitrogen and oxygen atoms in total. The highest BCUT2D eigenvalue weighted by Gasteiger charge is 2.16. The molecule has 106 valence electrons. The molecule has 0 aliphatic heterocycles. The minimum Gasteiger partial charge on any atom is -0.388 e. The normalized spacial score (nSPS) is 12.5. The van der Waals surface area contributed by atoms with Gasteiger partial charge in [0.15, 0.2) is 17.5 Å². The molecule has 0 bridgehead atoms. The van der Waals surface area contributed by atoms with Crippen LogP contribution in [0.1, 0.15) is 17.2 Å². The Morgan fingerprint density at radius 1 is 0.800 bits per heavy atom. The second-order valence-corrected chi connectivity index (χ2v) is 4.30. The van der Waals surface area contributed by atoms with Crippen molar-refractivity contribution in [2.24, 2.45) is 0 Å². The Kier molecular flexibility index (Phi) is 4.04. The summed E-state index contributed by atoms with van der Waals surface area (Å²) in [6.07, 6.45) is -1.68. The fourth-order valence-electron chi connectivity index (χ4n) is 1.84. The lowest BCUT2D eigenvalue weighted by atomic mass is 10.0. The van der Waals surface area contributed by atoms with Crippen LogP contribution in [-0.2, 0) is 6.42 Å². The van der Waals surface area contributed by atoms with Gasteiger partial charge >= 0.3 is 0 Å². The molecule has 2 aromatic carbocycles. The molecular formula is C14H9F5O. The lowest BCUT2D eigenvalue weighted by Gasteiger charge is -2.12. The lowest BCUT2D eigenvalue weighted by molar-refractivity contribution is 0.177. The van der Waals surface area contributed by atoms with Crippen LogP contribution < -0.4 is 0 Å². The van der Waals surface area contributed by atoms with Gasteiger partial charge in [-0.15, -0.1) is 0 Å². The van der Waals surface area contributed by atoms with Crippen LogP contribution in [0.3, 0.4) is 0 Å². The van der Waals surface area contributed by atoms with Gasteiger partial charge in [0.25, 0.3) is 0 Å². The molecule has 2 aromatic rings. The van der Waals surface area contributed by atoms with Crippen LogP contribution in [0.5, 0.6) is 0 Å². The summed E-state index contributed by atoms with van der Waals surface area (Å²) in [7, 11) is 0. The lowest BCUT2D eigenvalue weighted by Crippen LogP contribution is -2.05. The molecule has 0 spiro atoms. The van der Waals surface area contributed by atoms with Crippen molar-refractivity contribution in [1.29, 1.82) is 0 Å². The molecule has 0 aliphatic carbocycles. The SMILES string of the molecule is OC(Cc1cc(F)cc(F)c1)c1cc(F)c(F)c(F)c1. The fourth-order valence-corrected chi connectivity index (χ4v) is 1.84. The van der Waals surface area contributed by atoms with Gasteiger partial charge < -0.3 is 5.11 Å². The average Bonchev–Trinajstić information content (AvgIpc) is 2.33. The highest BCUT2D eigenvalue weighted by molar-refractivity contribution is 5.25. The summed E-state index contributed by atoms with van der Waals surface area (Å²) in [5.41, 5.74) is -0.105. The van der Waals surface area contributed by atoms with Crippen LogP contribution in [0.4, 0.5) is 22.0 Å². The van der Waals surface area contributed by atoms with E-state index in [2.05, 4.69) is 0 Å². The average molecular weight is 288 g/mol. The van der Waals surface area contributed by atoms with Gasteiger partial charge in [0, 0.05) is 12.5 Å². The van der Waals surface area contributed by atoms with E-state index in [1.54, 1.807) is 0 Å². The van der Waals surface area contributed by atoms with Crippen molar-refractivity contribution >= 4 is 0 Å². The highest BCUT2D eigenvalue weighted by Crippen LogP contribution is 2.23. The van der Waals surface area contributed by atoms with Crippen LogP contribution in [0.15, 0.2) is 30.3 Å². The van der Waals surface area contributed by atoms with Crippen molar-refractivity contribution in [2.45, 2.75) is 12.5 Å². The van der Waals surface area contributed by atoms with Crippen molar-refractivity contribution in [3.8, 4) is 0 Å². The van der Waals surface area contributed by atoms with E-state index >= 15 is 0 Å². The Morgan fingerprint density at radius 2 is 1.30 bits per heavy atom. The van der Waals surface area contributed by atoms with Gasteiger partial charge in [-0.1, -0.05) is 0 Å². The Labute approximate surface area is 111 Å². The van der Waals surface area contributed by atoms with Crippen molar-refractivity contribution in [2.75, 3.05) is 0 Å². The molecule has 0 aliphatic rings. The van der Waals surface area contributed by atoms with Crippen LogP contribution >= 0.6 is 0 Å². The standard InChI is InChI=1S/C14H9F5O/c15-9-1-7(2-10(16)6-9)3-13(20)8-4-11(17)14(19)12(18)5-8/h1-2,4-6,13,20H,3H2. The minimum absolute atomic E-state index is 0.111. The Morgan fingerprint density at radius 3 is 1.80 bits per heavy atom. The number of halogens is 5. The molecule has 0 fully saturated rings. The summed E-state index contributed by atoms with van der Waals surface area (Å²) in [4.78, 5) is 0. The van der Waals surface area contributed by atoms with Gasteiger partial charge in [-0.3, -0.25) is 0 Å². The van der Waals surface area contributed by atoms with E-state index in [1.807, 2.05) is 0 Å². The molecule has 6 heteroatoms. The molecule has 2 rings (SSSR count). The van der Waals surface area contributed by atoms with E-state index in [-0.39, 0.29) is 17.5 Å². The molecule has 0 amide bonds. The molecule has 0 saturated carbocycles. The van der Waals surface area contributed by atoms with Crippen molar-refractivity contribution in [3.63, 3.8) is 0 Å². The number of aliphatic hydroxyl groups excluding tert-OH is 1. The number of rotatable bonds is 3. The molecule has 0 aromatic heterocycles. The number of aliphatic hydroxyl groups is 1. The highest BCUT2D eigenvalue weighted by atomic mass is 19.2. The molecule has 0 radical (unpaired) electrons. The molecule has 1 unspecified atom stereocenters. The maximum absolute atomic E-state index is 13.0. The number of benzene rings is 2. The fraction of sp³-hybridized carbons (Fsp3) is 0.143. The first kappa shape index (κ1) is 14.5. The van der Waals surface area contributed by atoms with Gasteiger partial charge in [-0.05, 0) is 35.4 Å². The zero-order chi connectivity index (χ0) is 14.9. The predicted molar refractivity (Wildman–Crippen MR) is 61.3 cm³/mol. The van der Waals surface area contributed by atoms with Crippen LogP contribution in [-0.4, -0.2) is 5.11 Å². The molecule has 0 saturated heterocycles. The summed E-state index contributed by atoms with van der Waals surface area (Å²) in [5.74, 6) is -6.18. The van der Waals surface area contributed by atoms with Crippen LogP contribution in [0, 0.1) is 29.1 Å². The largest absolute Gasteiger partial charge is 0.388 e. The monoisotopic (exact) mass is 288 g/mol. The topological polar surface area (TPSA) is 20.2 Å². The zero-order valence-corrected chi connectivity index (χ0v) is 10.0. The zero-order valence-electron chi connectivity index (χ0n) is 10.0. The quantitative estimate of drug-likeness (QED) is 0.675. The second-order valence-electron chi connectivity index (χ2n) is 4.30. The Bertz CT molecular complexity index is 598. The van der Waals surface area contributed by atoms with E-state index < -0.39 is 35.2 Å². The number of hydrogen-bond donors (Lipinski definition) is 1. The van der Waals surface area contributed by atoms with E-state index in [4.69, 9.17) is 0 Å². The van der Waals surface area contributed by atoms with Crippen molar-refractivity contribution in [1.82, 2.24) is 0 Å². The van der Waals surface area contributed by atoms with Crippen LogP contribution in [0.25, 0.3) is 0 Å². The molecule has 1 atom stereocenters. The smallest absolute Gasteiger partial charge is 0.194 e. The van der Waals surface area contributed by atoms with E-state index in [9.17, 15) is 27.1 Å². The third-order valence-electron chi connectivity index (χ3n) is 2.74. The third-order valence-corrected chi connectivity index (χ3v) is 2.74. The van der Waals surface area contributed by atoms with Gasteiger partial charge in [-0.2, -0.15) is 0 Å². The minimum atomic E-state index is -1.64. The summed E-state index contributed by atoms with van der Waals surface area (Å²) in [6.45, 7) is 0. The first-order chi connectivity index (χ1) is 9.36. The summed E-state index contributed by atoms with van der Waals surface area (Å²) in [6, 6.07) is 3.91. The van der Waals surface area contributed by atoms with Crippen molar-refractivity contribution in [3.05, 3.63) is 70.5 Å². The third kappa shape index (κ3) is 3.14. The first-order valence-electron chi connectivity index (χ1n) is 5.64. The van der Waals surface area contributed by atoms with Gasteiger partial charge in [0.05, 0.1) is 6.10 Å². The number of hydrogen-bond acceptors (Lipinski definition) is 1. The molecule has 0 heterocycles. The molecule has 20 heavy (non-hydrogen) atoms. The Hall–Kier alpha value is -1.95. The summed E-state index contributed by atoms with van der Waals surface area (Å²) in [5, 5.41) is 9.79. The Balaban J connectivity index is 2.25. The van der Waals surface area contributed by atoms with E-state index in [1.165, 1.54) is 0 Å². The van der Waals surface area contributed by atoms with Gasteiger partial charge in [0.2, 0.25) is 0 Å². The van der Waals surface area contributed by atoms with Crippen LogP contribution in [0.2, 0.25) is 0 Å². The van der Waals surface area contributed by atoms with Gasteiger partial charge in [-0.25, -0.2) is 22.0 Å². The predicted octanol–water partition coefficient (Wildman–Crippen LogP) is 3.66.